The predicted molar refractivity (Wildman–Crippen MR) is 57.1 cm³/mol. The Morgan fingerprint density at radius 3 is 2.56 bits per heavy atom. The molecule has 0 heterocycles. The van der Waals surface area contributed by atoms with Crippen molar-refractivity contribution in [3.05, 3.63) is 29.8 Å². The van der Waals surface area contributed by atoms with Gasteiger partial charge in [-0.1, -0.05) is 18.2 Å². The lowest BCUT2D eigenvalue weighted by atomic mass is 10.1. The number of phenols is 1. The van der Waals surface area contributed by atoms with Crippen LogP contribution >= 0.6 is 0 Å². The topological polar surface area (TPSA) is 86.6 Å². The van der Waals surface area contributed by atoms with Crippen LogP contribution in [-0.4, -0.2) is 28.1 Å². The molecule has 5 heteroatoms. The van der Waals surface area contributed by atoms with E-state index in [0.717, 1.165) is 0 Å². The summed E-state index contributed by atoms with van der Waals surface area (Å²) in [6.45, 7) is 1.38. The van der Waals surface area contributed by atoms with E-state index in [2.05, 4.69) is 5.32 Å². The van der Waals surface area contributed by atoms with Gasteiger partial charge in [0.05, 0.1) is 6.42 Å². The molecular weight excluding hydrogens is 210 g/mol. The average molecular weight is 223 g/mol. The maximum Gasteiger partial charge on any atom is 0.325 e. The Labute approximate surface area is 92.7 Å². The average Bonchev–Trinajstić information content (AvgIpc) is 2.21. The third-order valence-corrected chi connectivity index (χ3v) is 2.09. The molecule has 0 bridgehead atoms. The second-order valence-electron chi connectivity index (χ2n) is 3.43. The Balaban J connectivity index is 2.59. The van der Waals surface area contributed by atoms with Gasteiger partial charge in [-0.2, -0.15) is 0 Å². The van der Waals surface area contributed by atoms with Gasteiger partial charge in [0, 0.05) is 5.56 Å². The van der Waals surface area contributed by atoms with E-state index in [0.29, 0.717) is 5.56 Å². The number of hydrogen-bond donors (Lipinski definition) is 3. The van der Waals surface area contributed by atoms with Crippen molar-refractivity contribution in [3.8, 4) is 5.75 Å². The Morgan fingerprint density at radius 1 is 1.38 bits per heavy atom. The van der Waals surface area contributed by atoms with E-state index in [9.17, 15) is 14.7 Å². The number of amides is 1. The fraction of sp³-hybridized carbons (Fsp3) is 0.273. The van der Waals surface area contributed by atoms with Crippen molar-refractivity contribution >= 4 is 11.9 Å². The van der Waals surface area contributed by atoms with Crippen molar-refractivity contribution in [1.82, 2.24) is 5.32 Å². The molecule has 16 heavy (non-hydrogen) atoms. The van der Waals surface area contributed by atoms with Gasteiger partial charge in [0.2, 0.25) is 5.91 Å². The van der Waals surface area contributed by atoms with E-state index in [1.165, 1.54) is 13.0 Å². The van der Waals surface area contributed by atoms with E-state index in [-0.39, 0.29) is 12.2 Å². The zero-order valence-corrected chi connectivity index (χ0v) is 8.80. The molecule has 0 aliphatic rings. The number of hydrogen-bond acceptors (Lipinski definition) is 3. The molecule has 0 saturated carbocycles. The number of carboxylic acid groups (broad SMARTS) is 1. The molecular formula is C11H13NO4. The minimum atomic E-state index is -1.09. The largest absolute Gasteiger partial charge is 0.508 e. The van der Waals surface area contributed by atoms with Crippen LogP contribution in [0.2, 0.25) is 0 Å². The number of carbonyl (C=O) groups is 2. The molecule has 0 aromatic heterocycles. The van der Waals surface area contributed by atoms with Gasteiger partial charge in [-0.3, -0.25) is 9.59 Å². The van der Waals surface area contributed by atoms with E-state index < -0.39 is 17.9 Å². The zero-order chi connectivity index (χ0) is 12.1. The first kappa shape index (κ1) is 12.0. The smallest absolute Gasteiger partial charge is 0.325 e. The molecule has 0 aliphatic carbocycles. The van der Waals surface area contributed by atoms with Crippen molar-refractivity contribution in [1.29, 1.82) is 0 Å². The maximum absolute atomic E-state index is 11.4. The highest BCUT2D eigenvalue weighted by molar-refractivity contribution is 5.84. The number of aromatic hydroxyl groups is 1. The van der Waals surface area contributed by atoms with Gasteiger partial charge in [-0.25, -0.2) is 0 Å². The summed E-state index contributed by atoms with van der Waals surface area (Å²) in [5, 5.41) is 20.3. The molecule has 3 N–H and O–H groups in total. The van der Waals surface area contributed by atoms with E-state index >= 15 is 0 Å². The van der Waals surface area contributed by atoms with E-state index in [1.807, 2.05) is 0 Å². The molecule has 0 fully saturated rings. The second kappa shape index (κ2) is 5.16. The third-order valence-electron chi connectivity index (χ3n) is 2.09. The van der Waals surface area contributed by atoms with Crippen molar-refractivity contribution in [2.45, 2.75) is 19.4 Å². The summed E-state index contributed by atoms with van der Waals surface area (Å²) in [4.78, 5) is 21.9. The highest BCUT2D eigenvalue weighted by atomic mass is 16.4. The van der Waals surface area contributed by atoms with Crippen LogP contribution in [0.15, 0.2) is 24.3 Å². The number of nitrogens with one attached hydrogen (secondary N) is 1. The summed E-state index contributed by atoms with van der Waals surface area (Å²) >= 11 is 0. The van der Waals surface area contributed by atoms with Crippen LogP contribution in [0.25, 0.3) is 0 Å². The molecule has 0 saturated heterocycles. The molecule has 1 aromatic carbocycles. The fourth-order valence-electron chi connectivity index (χ4n) is 1.19. The van der Waals surface area contributed by atoms with Crippen molar-refractivity contribution < 1.29 is 19.8 Å². The third kappa shape index (κ3) is 3.27. The van der Waals surface area contributed by atoms with Crippen LogP contribution < -0.4 is 5.32 Å². The van der Waals surface area contributed by atoms with Crippen LogP contribution in [0.1, 0.15) is 12.5 Å². The maximum atomic E-state index is 11.4. The van der Waals surface area contributed by atoms with E-state index in [4.69, 9.17) is 5.11 Å². The summed E-state index contributed by atoms with van der Waals surface area (Å²) in [5.41, 5.74) is 0.470. The molecule has 0 radical (unpaired) electrons. The number of para-hydroxylation sites is 1. The zero-order valence-electron chi connectivity index (χ0n) is 8.80. The Morgan fingerprint density at radius 2 is 2.00 bits per heavy atom. The summed E-state index contributed by atoms with van der Waals surface area (Å²) in [6.07, 6.45) is -0.0374. The number of rotatable bonds is 4. The van der Waals surface area contributed by atoms with Gasteiger partial charge in [0.15, 0.2) is 0 Å². The van der Waals surface area contributed by atoms with Crippen LogP contribution in [0, 0.1) is 0 Å². The summed E-state index contributed by atoms with van der Waals surface area (Å²) in [5.74, 6) is -1.50. The van der Waals surface area contributed by atoms with Crippen molar-refractivity contribution in [3.63, 3.8) is 0 Å². The number of carboxylic acids is 1. The van der Waals surface area contributed by atoms with Gasteiger partial charge < -0.3 is 15.5 Å². The Hall–Kier alpha value is -2.04. The molecule has 1 amide bonds. The molecule has 0 unspecified atom stereocenters. The highest BCUT2D eigenvalue weighted by Crippen LogP contribution is 2.15. The lowest BCUT2D eigenvalue weighted by molar-refractivity contribution is -0.141. The lowest BCUT2D eigenvalue weighted by Crippen LogP contribution is -2.39. The highest BCUT2D eigenvalue weighted by Gasteiger charge is 2.14. The second-order valence-corrected chi connectivity index (χ2v) is 3.43. The van der Waals surface area contributed by atoms with Gasteiger partial charge in [0.1, 0.15) is 11.8 Å². The SMILES string of the molecule is C[C@H](NC(=O)Cc1ccccc1O)C(=O)O. The quantitative estimate of drug-likeness (QED) is 0.694. The monoisotopic (exact) mass is 223 g/mol. The summed E-state index contributed by atoms with van der Waals surface area (Å²) in [7, 11) is 0. The number of benzene rings is 1. The van der Waals surface area contributed by atoms with Gasteiger partial charge >= 0.3 is 5.97 Å². The first-order valence-corrected chi connectivity index (χ1v) is 4.79. The van der Waals surface area contributed by atoms with Crippen LogP contribution in [0.5, 0.6) is 5.75 Å². The summed E-state index contributed by atoms with van der Waals surface area (Å²) in [6, 6.07) is 5.50. The lowest BCUT2D eigenvalue weighted by Gasteiger charge is -2.09. The van der Waals surface area contributed by atoms with Crippen molar-refractivity contribution in [2.75, 3.05) is 0 Å². The standard InChI is InChI=1S/C11H13NO4/c1-7(11(15)16)12-10(14)6-8-4-2-3-5-9(8)13/h2-5,7,13H,6H2,1H3,(H,12,14)(H,15,16)/t7-/m0/s1. The fourth-order valence-corrected chi connectivity index (χ4v) is 1.19. The van der Waals surface area contributed by atoms with E-state index in [1.54, 1.807) is 18.2 Å². The Kier molecular flexibility index (Phi) is 3.88. The molecule has 1 atom stereocenters. The molecule has 0 aliphatic heterocycles. The predicted octanol–water partition coefficient (Wildman–Crippen LogP) is 0.524. The molecule has 1 rings (SSSR count). The molecule has 1 aromatic rings. The van der Waals surface area contributed by atoms with Crippen LogP contribution in [0.3, 0.4) is 0 Å². The van der Waals surface area contributed by atoms with Gasteiger partial charge in [0.25, 0.3) is 0 Å². The van der Waals surface area contributed by atoms with Gasteiger partial charge in [-0.15, -0.1) is 0 Å². The molecule has 86 valence electrons. The minimum absolute atomic E-state index is 0.0284. The number of phenolic OH excluding ortho intramolecular Hbond substituents is 1. The first-order chi connectivity index (χ1) is 7.50. The minimum Gasteiger partial charge on any atom is -0.508 e. The first-order valence-electron chi connectivity index (χ1n) is 4.79. The summed E-state index contributed by atoms with van der Waals surface area (Å²) < 4.78 is 0. The number of carbonyl (C=O) groups excluding carboxylic acids is 1. The normalized spacial score (nSPS) is 11.8. The van der Waals surface area contributed by atoms with Crippen molar-refractivity contribution in [2.24, 2.45) is 0 Å². The molecule has 0 spiro atoms. The van der Waals surface area contributed by atoms with Crippen LogP contribution in [0.4, 0.5) is 0 Å². The Bertz CT molecular complexity index is 403. The van der Waals surface area contributed by atoms with Gasteiger partial charge in [-0.05, 0) is 13.0 Å². The number of aliphatic carboxylic acids is 1. The van der Waals surface area contributed by atoms with Crippen LogP contribution in [-0.2, 0) is 16.0 Å². The molecule has 5 nitrogen and oxygen atoms in total.